The SMILES string of the molecule is Cc1cc(N2[C@@H]3CC[C@H]2CC(O)(c2ccc(F)cc2)C3)nc(-c2ccccc2)n1. The van der Waals surface area contributed by atoms with Gasteiger partial charge in [0.2, 0.25) is 0 Å². The number of aliphatic hydroxyl groups is 1. The quantitative estimate of drug-likeness (QED) is 0.711. The normalized spacial score (nSPS) is 26.0. The summed E-state index contributed by atoms with van der Waals surface area (Å²) in [5.41, 5.74) is 1.83. The van der Waals surface area contributed by atoms with Gasteiger partial charge < -0.3 is 10.0 Å². The number of nitrogens with zero attached hydrogens (tertiary/aromatic N) is 3. The fraction of sp³-hybridized carbons (Fsp3) is 0.333. The van der Waals surface area contributed by atoms with Crippen LogP contribution >= 0.6 is 0 Å². The molecule has 5 rings (SSSR count). The number of rotatable bonds is 3. The Morgan fingerprint density at radius 2 is 1.62 bits per heavy atom. The molecule has 148 valence electrons. The molecule has 1 unspecified atom stereocenters. The standard InChI is InChI=1S/C24H24FN3O/c1-16-13-22(27-23(26-16)17-5-3-2-4-6-17)28-20-11-12-21(28)15-24(29,14-20)18-7-9-19(25)10-8-18/h2-10,13,20-21,29H,11-12,14-15H2,1H3/t20-,21+,24?. The summed E-state index contributed by atoms with van der Waals surface area (Å²) < 4.78 is 13.3. The Bertz CT molecular complexity index is 1010. The average Bonchev–Trinajstić information content (AvgIpc) is 3.00. The zero-order valence-corrected chi connectivity index (χ0v) is 16.4. The van der Waals surface area contributed by atoms with E-state index in [0.29, 0.717) is 12.8 Å². The lowest BCUT2D eigenvalue weighted by Crippen LogP contribution is -2.50. The van der Waals surface area contributed by atoms with Crippen LogP contribution in [0.15, 0.2) is 60.7 Å². The maximum absolute atomic E-state index is 13.3. The Kier molecular flexibility index (Phi) is 4.36. The van der Waals surface area contributed by atoms with E-state index in [4.69, 9.17) is 4.98 Å². The van der Waals surface area contributed by atoms with E-state index in [1.54, 1.807) is 12.1 Å². The van der Waals surface area contributed by atoms with E-state index in [2.05, 4.69) is 9.88 Å². The van der Waals surface area contributed by atoms with E-state index in [1.165, 1.54) is 12.1 Å². The maximum atomic E-state index is 13.3. The number of aromatic nitrogens is 2. The number of benzene rings is 2. The topological polar surface area (TPSA) is 49.2 Å². The molecule has 0 saturated carbocycles. The van der Waals surface area contributed by atoms with E-state index in [-0.39, 0.29) is 17.9 Å². The van der Waals surface area contributed by atoms with Crippen LogP contribution in [0.5, 0.6) is 0 Å². The Hall–Kier alpha value is -2.79. The Balaban J connectivity index is 1.47. The van der Waals surface area contributed by atoms with E-state index in [0.717, 1.165) is 41.3 Å². The zero-order chi connectivity index (χ0) is 20.0. The van der Waals surface area contributed by atoms with Crippen molar-refractivity contribution < 1.29 is 9.50 Å². The molecule has 0 amide bonds. The Labute approximate surface area is 170 Å². The van der Waals surface area contributed by atoms with Gasteiger partial charge in [0.1, 0.15) is 11.6 Å². The first-order valence-electron chi connectivity index (χ1n) is 10.2. The number of aryl methyl sites for hydroxylation is 1. The number of halogens is 1. The molecule has 2 fully saturated rings. The molecule has 29 heavy (non-hydrogen) atoms. The fourth-order valence-electron chi connectivity index (χ4n) is 5.00. The minimum Gasteiger partial charge on any atom is -0.385 e. The van der Waals surface area contributed by atoms with Crippen molar-refractivity contribution in [2.75, 3.05) is 4.90 Å². The lowest BCUT2D eigenvalue weighted by Gasteiger charge is -2.44. The van der Waals surface area contributed by atoms with E-state index >= 15 is 0 Å². The van der Waals surface area contributed by atoms with Crippen LogP contribution in [0.4, 0.5) is 10.2 Å². The van der Waals surface area contributed by atoms with Gasteiger partial charge in [0.25, 0.3) is 0 Å². The van der Waals surface area contributed by atoms with Crippen LogP contribution in [0.1, 0.15) is 36.9 Å². The number of piperidine rings is 1. The molecule has 3 aromatic rings. The van der Waals surface area contributed by atoms with Crippen molar-refractivity contribution in [3.63, 3.8) is 0 Å². The molecular weight excluding hydrogens is 365 g/mol. The third-order valence-corrected chi connectivity index (χ3v) is 6.29. The molecule has 3 heterocycles. The molecule has 0 spiro atoms. The van der Waals surface area contributed by atoms with E-state index in [9.17, 15) is 9.50 Å². The van der Waals surface area contributed by atoms with Gasteiger partial charge in [0.05, 0.1) is 5.60 Å². The van der Waals surface area contributed by atoms with E-state index < -0.39 is 5.60 Å². The van der Waals surface area contributed by atoms with Gasteiger partial charge in [0.15, 0.2) is 5.82 Å². The van der Waals surface area contributed by atoms with Crippen LogP contribution in [-0.4, -0.2) is 27.2 Å². The molecule has 5 heteroatoms. The van der Waals surface area contributed by atoms with E-state index in [1.807, 2.05) is 43.3 Å². The first-order valence-corrected chi connectivity index (χ1v) is 10.2. The largest absolute Gasteiger partial charge is 0.385 e. The highest BCUT2D eigenvalue weighted by molar-refractivity contribution is 5.59. The van der Waals surface area contributed by atoms with Crippen molar-refractivity contribution in [1.29, 1.82) is 0 Å². The first kappa shape index (κ1) is 18.3. The second-order valence-corrected chi connectivity index (χ2v) is 8.30. The molecule has 1 aromatic heterocycles. The van der Waals surface area contributed by atoms with Crippen molar-refractivity contribution in [2.24, 2.45) is 0 Å². The third-order valence-electron chi connectivity index (χ3n) is 6.29. The Morgan fingerprint density at radius 3 is 2.28 bits per heavy atom. The lowest BCUT2D eigenvalue weighted by molar-refractivity contribution is -0.00323. The molecule has 1 N–H and O–H groups in total. The van der Waals surface area contributed by atoms with Crippen molar-refractivity contribution in [2.45, 2.75) is 50.3 Å². The molecular formula is C24H24FN3O. The van der Waals surface area contributed by atoms with Gasteiger partial charge >= 0.3 is 0 Å². The monoisotopic (exact) mass is 389 g/mol. The number of fused-ring (bicyclic) bond motifs is 2. The molecule has 0 radical (unpaired) electrons. The van der Waals surface area contributed by atoms with Crippen LogP contribution in [0.25, 0.3) is 11.4 Å². The molecule has 4 nitrogen and oxygen atoms in total. The number of anilines is 1. The summed E-state index contributed by atoms with van der Waals surface area (Å²) in [5, 5.41) is 11.4. The highest BCUT2D eigenvalue weighted by Gasteiger charge is 2.48. The van der Waals surface area contributed by atoms with Crippen molar-refractivity contribution in [3.8, 4) is 11.4 Å². The summed E-state index contributed by atoms with van der Waals surface area (Å²) in [6.45, 7) is 2.00. The van der Waals surface area contributed by atoms with Gasteiger partial charge in [-0.05, 0) is 37.5 Å². The molecule has 2 aliphatic heterocycles. The lowest BCUT2D eigenvalue weighted by atomic mass is 9.80. The van der Waals surface area contributed by atoms with Crippen LogP contribution < -0.4 is 4.90 Å². The predicted molar refractivity (Wildman–Crippen MR) is 111 cm³/mol. The van der Waals surface area contributed by atoms with Crippen LogP contribution in [-0.2, 0) is 5.60 Å². The molecule has 2 aliphatic rings. The zero-order valence-electron chi connectivity index (χ0n) is 16.4. The summed E-state index contributed by atoms with van der Waals surface area (Å²) in [6.07, 6.45) is 3.30. The van der Waals surface area contributed by atoms with Crippen LogP contribution in [0.2, 0.25) is 0 Å². The molecule has 0 aliphatic carbocycles. The average molecular weight is 389 g/mol. The predicted octanol–water partition coefficient (Wildman–Crippen LogP) is 4.61. The van der Waals surface area contributed by atoms with Crippen molar-refractivity contribution >= 4 is 5.82 Å². The summed E-state index contributed by atoms with van der Waals surface area (Å²) >= 11 is 0. The summed E-state index contributed by atoms with van der Waals surface area (Å²) in [7, 11) is 0. The smallest absolute Gasteiger partial charge is 0.161 e. The van der Waals surface area contributed by atoms with Gasteiger partial charge in [-0.15, -0.1) is 0 Å². The molecule has 3 atom stereocenters. The fourth-order valence-corrected chi connectivity index (χ4v) is 5.00. The highest BCUT2D eigenvalue weighted by Crippen LogP contribution is 2.47. The van der Waals surface area contributed by atoms with Gasteiger partial charge in [-0.2, -0.15) is 0 Å². The minimum absolute atomic E-state index is 0.210. The van der Waals surface area contributed by atoms with Gasteiger partial charge in [0, 0.05) is 42.2 Å². The second-order valence-electron chi connectivity index (χ2n) is 8.30. The number of hydrogen-bond acceptors (Lipinski definition) is 4. The van der Waals surface area contributed by atoms with Gasteiger partial charge in [-0.1, -0.05) is 42.5 Å². The summed E-state index contributed by atoms with van der Waals surface area (Å²) in [4.78, 5) is 11.9. The minimum atomic E-state index is -0.916. The van der Waals surface area contributed by atoms with Gasteiger partial charge in [-0.3, -0.25) is 0 Å². The third kappa shape index (κ3) is 3.29. The first-order chi connectivity index (χ1) is 14.0. The maximum Gasteiger partial charge on any atom is 0.161 e. The van der Waals surface area contributed by atoms with Crippen LogP contribution in [0.3, 0.4) is 0 Å². The van der Waals surface area contributed by atoms with Crippen LogP contribution in [0, 0.1) is 12.7 Å². The highest BCUT2D eigenvalue weighted by atomic mass is 19.1. The van der Waals surface area contributed by atoms with Crippen molar-refractivity contribution in [3.05, 3.63) is 77.7 Å². The van der Waals surface area contributed by atoms with Gasteiger partial charge in [-0.25, -0.2) is 14.4 Å². The molecule has 2 saturated heterocycles. The molecule has 2 aromatic carbocycles. The summed E-state index contributed by atoms with van der Waals surface area (Å²) in [6, 6.07) is 18.8. The Morgan fingerprint density at radius 1 is 0.966 bits per heavy atom. The number of hydrogen-bond donors (Lipinski definition) is 1. The second kappa shape index (κ2) is 6.92. The summed E-state index contributed by atoms with van der Waals surface area (Å²) in [5.74, 6) is 1.40. The molecule has 2 bridgehead atoms. The van der Waals surface area contributed by atoms with Crippen molar-refractivity contribution in [1.82, 2.24) is 9.97 Å².